The summed E-state index contributed by atoms with van der Waals surface area (Å²) in [6.07, 6.45) is 1.61. The number of hydrogen-bond acceptors (Lipinski definition) is 5. The number of aromatic nitrogens is 3. The minimum absolute atomic E-state index is 0.0262. The Balaban J connectivity index is 2.13. The number of halogens is 1. The van der Waals surface area contributed by atoms with Gasteiger partial charge in [0.2, 0.25) is 0 Å². The van der Waals surface area contributed by atoms with Gasteiger partial charge in [0.05, 0.1) is 12.0 Å². The van der Waals surface area contributed by atoms with E-state index in [0.717, 1.165) is 4.47 Å². The third kappa shape index (κ3) is 4.23. The van der Waals surface area contributed by atoms with Gasteiger partial charge >= 0.3 is 5.97 Å². The molecule has 1 aromatic carbocycles. The van der Waals surface area contributed by atoms with E-state index in [-0.39, 0.29) is 34.6 Å². The molecule has 0 aliphatic carbocycles. The Kier molecular flexibility index (Phi) is 6.24. The molecule has 0 saturated heterocycles. The van der Waals surface area contributed by atoms with Crippen LogP contribution >= 0.6 is 15.9 Å². The summed E-state index contributed by atoms with van der Waals surface area (Å²) in [6.45, 7) is 5.55. The maximum absolute atomic E-state index is 13.2. The summed E-state index contributed by atoms with van der Waals surface area (Å²) in [4.78, 5) is 48.1. The molecule has 0 aliphatic rings. The number of fused-ring (bicyclic) bond motifs is 2. The lowest BCUT2D eigenvalue weighted by molar-refractivity contribution is 0.0523. The fourth-order valence-electron chi connectivity index (χ4n) is 3.56. The van der Waals surface area contributed by atoms with Gasteiger partial charge < -0.3 is 9.30 Å². The Labute approximate surface area is 197 Å². The number of carbonyl (C=O) groups excluding carboxylic acids is 2. The van der Waals surface area contributed by atoms with Crippen LogP contribution in [0.5, 0.6) is 0 Å². The molecule has 4 rings (SSSR count). The van der Waals surface area contributed by atoms with Crippen molar-refractivity contribution in [3.8, 4) is 0 Å². The molecule has 4 aromatic rings. The molecule has 0 fully saturated rings. The molecule has 0 aliphatic heterocycles. The third-order valence-corrected chi connectivity index (χ3v) is 5.57. The van der Waals surface area contributed by atoms with Crippen LogP contribution in [0, 0.1) is 0 Å². The van der Waals surface area contributed by atoms with Gasteiger partial charge in [0, 0.05) is 22.3 Å². The van der Waals surface area contributed by atoms with Gasteiger partial charge in [-0.2, -0.15) is 4.99 Å². The molecule has 0 radical (unpaired) electrons. The summed E-state index contributed by atoms with van der Waals surface area (Å²) in [7, 11) is 0. The normalized spacial score (nSPS) is 12.0. The van der Waals surface area contributed by atoms with Crippen LogP contribution in [0.15, 0.2) is 69.0 Å². The van der Waals surface area contributed by atoms with E-state index in [1.807, 2.05) is 13.8 Å². The molecular formula is C24H21BrN4O4. The number of rotatable bonds is 4. The van der Waals surface area contributed by atoms with Crippen molar-refractivity contribution in [2.75, 3.05) is 6.61 Å². The average Bonchev–Trinajstić information content (AvgIpc) is 2.79. The van der Waals surface area contributed by atoms with E-state index in [4.69, 9.17) is 4.74 Å². The zero-order valence-electron chi connectivity index (χ0n) is 18.3. The van der Waals surface area contributed by atoms with Crippen LogP contribution in [-0.2, 0) is 4.74 Å². The largest absolute Gasteiger partial charge is 0.462 e. The van der Waals surface area contributed by atoms with Crippen LogP contribution < -0.4 is 11.0 Å². The summed E-state index contributed by atoms with van der Waals surface area (Å²) < 4.78 is 9.09. The summed E-state index contributed by atoms with van der Waals surface area (Å²) in [5, 5.41) is 0.227. The van der Waals surface area contributed by atoms with Crippen LogP contribution in [0.2, 0.25) is 0 Å². The first kappa shape index (κ1) is 22.6. The van der Waals surface area contributed by atoms with Gasteiger partial charge in [0.1, 0.15) is 16.9 Å². The lowest BCUT2D eigenvalue weighted by atomic mass is 10.1. The zero-order valence-corrected chi connectivity index (χ0v) is 19.9. The van der Waals surface area contributed by atoms with E-state index in [1.54, 1.807) is 60.2 Å². The van der Waals surface area contributed by atoms with E-state index in [1.165, 1.54) is 10.5 Å². The maximum Gasteiger partial charge on any atom is 0.341 e. The number of ether oxygens (including phenoxy) is 1. The van der Waals surface area contributed by atoms with Gasteiger partial charge in [0.15, 0.2) is 5.49 Å². The number of amides is 1. The highest BCUT2D eigenvalue weighted by Gasteiger charge is 2.21. The first-order chi connectivity index (χ1) is 15.8. The van der Waals surface area contributed by atoms with Gasteiger partial charge in [-0.1, -0.05) is 22.0 Å². The summed E-state index contributed by atoms with van der Waals surface area (Å²) in [5.41, 5.74) is 0.917. The summed E-state index contributed by atoms with van der Waals surface area (Å²) >= 11 is 3.35. The maximum atomic E-state index is 13.2. The molecule has 0 N–H and O–H groups in total. The fourth-order valence-corrected chi connectivity index (χ4v) is 3.82. The molecule has 33 heavy (non-hydrogen) atoms. The van der Waals surface area contributed by atoms with Crippen molar-refractivity contribution in [1.29, 1.82) is 0 Å². The molecule has 0 spiro atoms. The average molecular weight is 509 g/mol. The van der Waals surface area contributed by atoms with Crippen LogP contribution in [0.25, 0.3) is 16.7 Å². The van der Waals surface area contributed by atoms with E-state index in [9.17, 15) is 14.4 Å². The van der Waals surface area contributed by atoms with Gasteiger partial charge in [-0.25, -0.2) is 9.78 Å². The van der Waals surface area contributed by atoms with E-state index < -0.39 is 11.9 Å². The third-order valence-electron chi connectivity index (χ3n) is 5.05. The number of benzene rings is 1. The molecule has 1 amide bonds. The van der Waals surface area contributed by atoms with Crippen molar-refractivity contribution in [2.24, 2.45) is 4.99 Å². The summed E-state index contributed by atoms with van der Waals surface area (Å²) in [5.74, 6) is -1.20. The quantitative estimate of drug-likeness (QED) is 0.307. The first-order valence-corrected chi connectivity index (χ1v) is 11.2. The van der Waals surface area contributed by atoms with Crippen LogP contribution in [0.1, 0.15) is 47.5 Å². The van der Waals surface area contributed by atoms with Gasteiger partial charge in [-0.05, 0) is 63.2 Å². The molecule has 0 saturated carbocycles. The predicted octanol–water partition coefficient (Wildman–Crippen LogP) is 3.91. The molecule has 3 heterocycles. The molecule has 0 bridgehead atoms. The minimum Gasteiger partial charge on any atom is -0.462 e. The Morgan fingerprint density at radius 2 is 1.88 bits per heavy atom. The van der Waals surface area contributed by atoms with Crippen molar-refractivity contribution in [3.63, 3.8) is 0 Å². The van der Waals surface area contributed by atoms with E-state index in [2.05, 4.69) is 25.9 Å². The number of hydrogen-bond donors (Lipinski definition) is 0. The second kappa shape index (κ2) is 9.11. The predicted molar refractivity (Wildman–Crippen MR) is 127 cm³/mol. The molecule has 168 valence electrons. The Morgan fingerprint density at radius 3 is 2.55 bits per heavy atom. The van der Waals surface area contributed by atoms with Crippen LogP contribution in [-0.4, -0.2) is 32.4 Å². The van der Waals surface area contributed by atoms with Crippen LogP contribution in [0.4, 0.5) is 0 Å². The highest BCUT2D eigenvalue weighted by molar-refractivity contribution is 9.10. The minimum atomic E-state index is -0.672. The SMILES string of the molecule is CCOC(=O)c1cc2c(=O)n3ccccc3nc2n(C(C)C)c1=NC(=O)c1ccc(Br)cc1. The number of nitrogens with zero attached hydrogens (tertiary/aromatic N) is 4. The topological polar surface area (TPSA) is 95.0 Å². The van der Waals surface area contributed by atoms with Crippen LogP contribution in [0.3, 0.4) is 0 Å². The second-order valence-electron chi connectivity index (χ2n) is 7.57. The van der Waals surface area contributed by atoms with Crippen molar-refractivity contribution in [1.82, 2.24) is 14.0 Å². The number of carbonyl (C=O) groups is 2. The highest BCUT2D eigenvalue weighted by atomic mass is 79.9. The second-order valence-corrected chi connectivity index (χ2v) is 8.49. The lowest BCUT2D eigenvalue weighted by Crippen LogP contribution is -2.33. The van der Waals surface area contributed by atoms with Gasteiger partial charge in [-0.15, -0.1) is 0 Å². The van der Waals surface area contributed by atoms with Crippen molar-refractivity contribution in [2.45, 2.75) is 26.8 Å². The summed E-state index contributed by atoms with van der Waals surface area (Å²) in [6, 6.07) is 13.1. The molecule has 0 atom stereocenters. The Hall–Kier alpha value is -3.59. The van der Waals surface area contributed by atoms with E-state index in [0.29, 0.717) is 16.9 Å². The molecule has 8 nitrogen and oxygen atoms in total. The van der Waals surface area contributed by atoms with Crippen molar-refractivity contribution < 1.29 is 14.3 Å². The standard InChI is InChI=1S/C24H21BrN4O4/c1-4-33-24(32)18-13-17-20(26-19-7-5-6-12-28(19)23(17)31)29(14(2)3)21(18)27-22(30)15-8-10-16(25)11-9-15/h5-14H,4H2,1-3H3. The Morgan fingerprint density at radius 1 is 1.15 bits per heavy atom. The van der Waals surface area contributed by atoms with Gasteiger partial charge in [-0.3, -0.25) is 14.0 Å². The molecular weight excluding hydrogens is 488 g/mol. The smallest absolute Gasteiger partial charge is 0.341 e. The highest BCUT2D eigenvalue weighted by Crippen LogP contribution is 2.16. The zero-order chi connectivity index (χ0) is 23.7. The molecule has 3 aromatic heterocycles. The lowest BCUT2D eigenvalue weighted by Gasteiger charge is -2.17. The van der Waals surface area contributed by atoms with Crippen molar-refractivity contribution in [3.05, 3.63) is 86.2 Å². The number of esters is 1. The van der Waals surface area contributed by atoms with Crippen molar-refractivity contribution >= 4 is 44.5 Å². The molecule has 9 heteroatoms. The van der Waals surface area contributed by atoms with Gasteiger partial charge in [0.25, 0.3) is 11.5 Å². The Bertz CT molecular complexity index is 1520. The fraction of sp³-hybridized carbons (Fsp3) is 0.208. The number of pyridine rings is 2. The van der Waals surface area contributed by atoms with E-state index >= 15 is 0 Å². The first-order valence-electron chi connectivity index (χ1n) is 10.4. The monoisotopic (exact) mass is 508 g/mol. The molecule has 0 unspecified atom stereocenters.